The number of carbonyl (C=O) groups is 1. The molecule has 1 amide bonds. The molecule has 1 aromatic carbocycles. The Labute approximate surface area is 101 Å². The van der Waals surface area contributed by atoms with E-state index < -0.39 is 0 Å². The van der Waals surface area contributed by atoms with Gasteiger partial charge in [0.15, 0.2) is 0 Å². The summed E-state index contributed by atoms with van der Waals surface area (Å²) in [5.74, 6) is 0. The third-order valence-electron chi connectivity index (χ3n) is 3.20. The molecule has 90 valence electrons. The molecule has 1 aliphatic rings. The molecule has 0 spiro atoms. The van der Waals surface area contributed by atoms with E-state index in [-0.39, 0.29) is 11.6 Å². The van der Waals surface area contributed by atoms with Crippen LogP contribution in [0.1, 0.15) is 24.8 Å². The topological polar surface area (TPSA) is 38.3 Å². The van der Waals surface area contributed by atoms with E-state index in [0.717, 1.165) is 24.8 Å². The standard InChI is InChI=1S/C14H17NO2/c1-2-14(9-6-10-14)15-13(16)17-11-12-7-4-3-5-8-12/h2-5,7-8H,1,6,9-11H2,(H,15,16). The van der Waals surface area contributed by atoms with Gasteiger partial charge >= 0.3 is 6.09 Å². The molecule has 0 bridgehead atoms. The van der Waals surface area contributed by atoms with Crippen LogP contribution in [0.25, 0.3) is 0 Å². The lowest BCUT2D eigenvalue weighted by Crippen LogP contribution is -2.51. The average Bonchev–Trinajstić information content (AvgIpc) is 2.33. The second kappa shape index (κ2) is 5.04. The zero-order valence-electron chi connectivity index (χ0n) is 9.82. The first-order valence-corrected chi connectivity index (χ1v) is 5.87. The summed E-state index contributed by atoms with van der Waals surface area (Å²) < 4.78 is 5.16. The van der Waals surface area contributed by atoms with Crippen LogP contribution in [0.2, 0.25) is 0 Å². The number of ether oxygens (including phenoxy) is 1. The van der Waals surface area contributed by atoms with Gasteiger partial charge in [0.1, 0.15) is 6.61 Å². The highest BCUT2D eigenvalue weighted by Gasteiger charge is 2.35. The number of carbonyl (C=O) groups excluding carboxylic acids is 1. The van der Waals surface area contributed by atoms with Crippen LogP contribution in [0, 0.1) is 0 Å². The molecule has 0 radical (unpaired) electrons. The largest absolute Gasteiger partial charge is 0.445 e. The first kappa shape index (κ1) is 11.7. The SMILES string of the molecule is C=CC1(NC(=O)OCc2ccccc2)CCC1. The van der Waals surface area contributed by atoms with E-state index >= 15 is 0 Å². The number of benzene rings is 1. The van der Waals surface area contributed by atoms with Crippen LogP contribution in [-0.2, 0) is 11.3 Å². The van der Waals surface area contributed by atoms with Crippen molar-refractivity contribution in [1.29, 1.82) is 0 Å². The molecule has 17 heavy (non-hydrogen) atoms. The summed E-state index contributed by atoms with van der Waals surface area (Å²) in [6, 6.07) is 9.64. The van der Waals surface area contributed by atoms with Crippen LogP contribution in [0.15, 0.2) is 43.0 Å². The molecule has 0 aliphatic heterocycles. The number of rotatable bonds is 4. The van der Waals surface area contributed by atoms with E-state index in [2.05, 4.69) is 11.9 Å². The van der Waals surface area contributed by atoms with Gasteiger partial charge in [-0.3, -0.25) is 0 Å². The van der Waals surface area contributed by atoms with Crippen LogP contribution in [0.5, 0.6) is 0 Å². The van der Waals surface area contributed by atoms with Gasteiger partial charge in [-0.05, 0) is 24.8 Å². The third-order valence-corrected chi connectivity index (χ3v) is 3.20. The maximum Gasteiger partial charge on any atom is 0.408 e. The van der Waals surface area contributed by atoms with Crippen molar-refractivity contribution in [1.82, 2.24) is 5.32 Å². The molecule has 0 saturated heterocycles. The molecule has 1 saturated carbocycles. The summed E-state index contributed by atoms with van der Waals surface area (Å²) >= 11 is 0. The van der Waals surface area contributed by atoms with Gasteiger partial charge in [0, 0.05) is 0 Å². The number of amides is 1. The highest BCUT2D eigenvalue weighted by molar-refractivity contribution is 5.69. The van der Waals surface area contributed by atoms with E-state index in [1.165, 1.54) is 0 Å². The molecule has 3 nitrogen and oxygen atoms in total. The second-order valence-corrected chi connectivity index (χ2v) is 4.40. The van der Waals surface area contributed by atoms with Crippen molar-refractivity contribution in [2.75, 3.05) is 0 Å². The summed E-state index contributed by atoms with van der Waals surface area (Å²) in [6.07, 6.45) is 4.48. The zero-order chi connectivity index (χ0) is 12.1. The fourth-order valence-electron chi connectivity index (χ4n) is 1.90. The van der Waals surface area contributed by atoms with Gasteiger partial charge in [-0.25, -0.2) is 4.79 Å². The number of alkyl carbamates (subject to hydrolysis) is 1. The fraction of sp³-hybridized carbons (Fsp3) is 0.357. The van der Waals surface area contributed by atoms with Gasteiger partial charge in [0.2, 0.25) is 0 Å². The zero-order valence-corrected chi connectivity index (χ0v) is 9.82. The van der Waals surface area contributed by atoms with Crippen LogP contribution in [-0.4, -0.2) is 11.6 Å². The first-order chi connectivity index (χ1) is 8.24. The van der Waals surface area contributed by atoms with Crippen LogP contribution >= 0.6 is 0 Å². The van der Waals surface area contributed by atoms with Crippen LogP contribution < -0.4 is 5.32 Å². The van der Waals surface area contributed by atoms with Crippen molar-refractivity contribution in [3.05, 3.63) is 48.6 Å². The van der Waals surface area contributed by atoms with Crippen LogP contribution in [0.3, 0.4) is 0 Å². The molecule has 0 atom stereocenters. The van der Waals surface area contributed by atoms with E-state index in [4.69, 9.17) is 4.74 Å². The lowest BCUT2D eigenvalue weighted by Gasteiger charge is -2.39. The van der Waals surface area contributed by atoms with E-state index in [1.807, 2.05) is 30.3 Å². The molecular formula is C14H17NO2. The second-order valence-electron chi connectivity index (χ2n) is 4.40. The maximum atomic E-state index is 11.6. The Kier molecular flexibility index (Phi) is 3.47. The van der Waals surface area contributed by atoms with Crippen LogP contribution in [0.4, 0.5) is 4.79 Å². The number of hydrogen-bond acceptors (Lipinski definition) is 2. The summed E-state index contributed by atoms with van der Waals surface area (Å²) in [5, 5.41) is 2.87. The Morgan fingerprint density at radius 3 is 2.65 bits per heavy atom. The minimum absolute atomic E-state index is 0.228. The summed E-state index contributed by atoms with van der Waals surface area (Å²) in [5.41, 5.74) is 0.761. The predicted octanol–water partition coefficient (Wildman–Crippen LogP) is 3.02. The Morgan fingerprint density at radius 2 is 2.12 bits per heavy atom. The lowest BCUT2D eigenvalue weighted by atomic mass is 9.77. The number of nitrogens with one attached hydrogen (secondary N) is 1. The van der Waals surface area contributed by atoms with Gasteiger partial charge in [0.05, 0.1) is 5.54 Å². The van der Waals surface area contributed by atoms with Gasteiger partial charge < -0.3 is 10.1 Å². The minimum atomic E-state index is -0.367. The van der Waals surface area contributed by atoms with E-state index in [1.54, 1.807) is 6.08 Å². The lowest BCUT2D eigenvalue weighted by molar-refractivity contribution is 0.119. The van der Waals surface area contributed by atoms with Crippen molar-refractivity contribution in [2.45, 2.75) is 31.4 Å². The molecule has 1 N–H and O–H groups in total. The van der Waals surface area contributed by atoms with Gasteiger partial charge in [-0.15, -0.1) is 6.58 Å². The van der Waals surface area contributed by atoms with Crippen molar-refractivity contribution in [3.63, 3.8) is 0 Å². The monoisotopic (exact) mass is 231 g/mol. The molecule has 1 aliphatic carbocycles. The van der Waals surface area contributed by atoms with Gasteiger partial charge in [0.25, 0.3) is 0 Å². The predicted molar refractivity (Wildman–Crippen MR) is 66.5 cm³/mol. The average molecular weight is 231 g/mol. The van der Waals surface area contributed by atoms with Crippen molar-refractivity contribution in [2.24, 2.45) is 0 Å². The summed E-state index contributed by atoms with van der Waals surface area (Å²) in [7, 11) is 0. The Morgan fingerprint density at radius 1 is 1.41 bits per heavy atom. The highest BCUT2D eigenvalue weighted by Crippen LogP contribution is 2.32. The molecule has 0 heterocycles. The van der Waals surface area contributed by atoms with Gasteiger partial charge in [-0.1, -0.05) is 36.4 Å². The normalized spacial score (nSPS) is 16.7. The van der Waals surface area contributed by atoms with Crippen molar-refractivity contribution < 1.29 is 9.53 Å². The molecule has 0 aromatic heterocycles. The van der Waals surface area contributed by atoms with E-state index in [0.29, 0.717) is 6.61 Å². The van der Waals surface area contributed by atoms with Gasteiger partial charge in [-0.2, -0.15) is 0 Å². The highest BCUT2D eigenvalue weighted by atomic mass is 16.5. The summed E-state index contributed by atoms with van der Waals surface area (Å²) in [6.45, 7) is 4.06. The summed E-state index contributed by atoms with van der Waals surface area (Å²) in [4.78, 5) is 11.6. The molecule has 1 fully saturated rings. The van der Waals surface area contributed by atoms with E-state index in [9.17, 15) is 4.79 Å². The van der Waals surface area contributed by atoms with Crippen molar-refractivity contribution >= 4 is 6.09 Å². The molecular weight excluding hydrogens is 214 g/mol. The fourth-order valence-corrected chi connectivity index (χ4v) is 1.90. The molecule has 1 aromatic rings. The Hall–Kier alpha value is -1.77. The quantitative estimate of drug-likeness (QED) is 0.809. The Bertz CT molecular complexity index is 396. The Balaban J connectivity index is 1.80. The van der Waals surface area contributed by atoms with Crippen molar-refractivity contribution in [3.8, 4) is 0 Å². The molecule has 2 rings (SSSR count). The smallest absolute Gasteiger partial charge is 0.408 e. The molecule has 0 unspecified atom stereocenters. The first-order valence-electron chi connectivity index (χ1n) is 5.87. The third kappa shape index (κ3) is 2.87. The minimum Gasteiger partial charge on any atom is -0.445 e. The maximum absolute atomic E-state index is 11.6. The molecule has 3 heteroatoms. The number of hydrogen-bond donors (Lipinski definition) is 1.